The molecule has 4 aromatic rings. The Hall–Kier alpha value is -3.40. The molecule has 1 aromatic heterocycles. The number of halogens is 1. The Morgan fingerprint density at radius 2 is 1.82 bits per heavy atom. The van der Waals surface area contributed by atoms with Crippen molar-refractivity contribution in [2.24, 2.45) is 0 Å². The first-order valence-corrected chi connectivity index (χ1v) is 11.4. The minimum atomic E-state index is -0.189. The van der Waals surface area contributed by atoms with Gasteiger partial charge in [-0.05, 0) is 64.6 Å². The first-order chi connectivity index (χ1) is 16.0. The summed E-state index contributed by atoms with van der Waals surface area (Å²) in [4.78, 5) is 30.0. The number of carbonyl (C=O) groups is 1. The molecule has 1 heterocycles. The molecule has 3 aromatic carbocycles. The molecule has 168 valence electrons. The Kier molecular flexibility index (Phi) is 7.23. The van der Waals surface area contributed by atoms with Gasteiger partial charge < -0.3 is 14.8 Å². The van der Waals surface area contributed by atoms with E-state index in [1.807, 2.05) is 54.6 Å². The monoisotopic (exact) mass is 555 g/mol. The van der Waals surface area contributed by atoms with Crippen LogP contribution in [-0.2, 0) is 11.3 Å². The van der Waals surface area contributed by atoms with Gasteiger partial charge in [-0.2, -0.15) is 0 Å². The summed E-state index contributed by atoms with van der Waals surface area (Å²) in [6, 6.07) is 20.4. The number of rotatable bonds is 8. The second-order valence-electron chi connectivity index (χ2n) is 7.33. The summed E-state index contributed by atoms with van der Waals surface area (Å²) in [5.41, 5.74) is 1.95. The number of nitrogens with zero attached hydrogens (tertiary/aromatic N) is 2. The van der Waals surface area contributed by atoms with Gasteiger partial charge in [-0.25, -0.2) is 4.98 Å². The van der Waals surface area contributed by atoms with Crippen molar-refractivity contribution in [2.45, 2.75) is 13.0 Å². The second kappa shape index (κ2) is 10.5. The summed E-state index contributed by atoms with van der Waals surface area (Å²) in [6.07, 6.45) is 1.74. The molecule has 1 amide bonds. The minimum Gasteiger partial charge on any atom is -0.497 e. The predicted octanol–water partition coefficient (Wildman–Crippen LogP) is 4.47. The standard InChI is InChI=1S/C25H22IN3O4/c1-32-18-9-7-17(8-10-18)15-29-16-27-22-14-21(26)23(13-20(22)25(29)31)28-24(30)11-12-33-19-5-3-2-4-6-19/h2-10,13-14,16H,11-12,15H2,1H3,(H,28,30). The van der Waals surface area contributed by atoms with Crippen molar-refractivity contribution >= 4 is 45.1 Å². The maximum atomic E-state index is 13.1. The van der Waals surface area contributed by atoms with E-state index >= 15 is 0 Å². The lowest BCUT2D eigenvalue weighted by molar-refractivity contribution is -0.116. The molecule has 0 aliphatic carbocycles. The number of anilines is 1. The molecule has 0 aliphatic heterocycles. The number of aromatic nitrogens is 2. The van der Waals surface area contributed by atoms with Gasteiger partial charge in [0.1, 0.15) is 11.5 Å². The molecule has 7 nitrogen and oxygen atoms in total. The van der Waals surface area contributed by atoms with Gasteiger partial charge in [-0.15, -0.1) is 0 Å². The maximum absolute atomic E-state index is 13.1. The molecule has 0 atom stereocenters. The minimum absolute atomic E-state index is 0.171. The second-order valence-corrected chi connectivity index (χ2v) is 8.50. The average molecular weight is 555 g/mol. The number of carbonyl (C=O) groups excluding carboxylic acids is 1. The number of fused-ring (bicyclic) bond motifs is 1. The summed E-state index contributed by atoms with van der Waals surface area (Å²) in [7, 11) is 1.61. The largest absolute Gasteiger partial charge is 0.497 e. The number of methoxy groups -OCH3 is 1. The van der Waals surface area contributed by atoms with E-state index in [0.29, 0.717) is 28.9 Å². The highest BCUT2D eigenvalue weighted by atomic mass is 127. The zero-order valence-electron chi connectivity index (χ0n) is 18.0. The fourth-order valence-electron chi connectivity index (χ4n) is 3.31. The highest BCUT2D eigenvalue weighted by Crippen LogP contribution is 2.23. The van der Waals surface area contributed by atoms with Gasteiger partial charge >= 0.3 is 0 Å². The maximum Gasteiger partial charge on any atom is 0.261 e. The van der Waals surface area contributed by atoms with Crippen molar-refractivity contribution in [1.82, 2.24) is 9.55 Å². The zero-order chi connectivity index (χ0) is 23.2. The lowest BCUT2D eigenvalue weighted by atomic mass is 10.2. The molecule has 0 unspecified atom stereocenters. The van der Waals surface area contributed by atoms with Gasteiger partial charge in [0.05, 0.1) is 49.6 Å². The Morgan fingerprint density at radius 3 is 2.55 bits per heavy atom. The Labute approximate surface area is 204 Å². The van der Waals surface area contributed by atoms with Crippen LogP contribution >= 0.6 is 22.6 Å². The molecule has 0 radical (unpaired) electrons. The van der Waals surface area contributed by atoms with Crippen LogP contribution in [0.25, 0.3) is 10.9 Å². The van der Waals surface area contributed by atoms with E-state index in [4.69, 9.17) is 9.47 Å². The molecule has 8 heteroatoms. The number of hydrogen-bond acceptors (Lipinski definition) is 5. The highest BCUT2D eigenvalue weighted by Gasteiger charge is 2.12. The first kappa shape index (κ1) is 22.8. The molecule has 0 aliphatic rings. The molecule has 0 saturated heterocycles. The third-order valence-corrected chi connectivity index (χ3v) is 5.93. The summed E-state index contributed by atoms with van der Waals surface area (Å²) >= 11 is 2.13. The van der Waals surface area contributed by atoms with Crippen LogP contribution in [-0.4, -0.2) is 29.2 Å². The summed E-state index contributed by atoms with van der Waals surface area (Å²) in [5.74, 6) is 1.28. The lowest BCUT2D eigenvalue weighted by Crippen LogP contribution is -2.22. The number of hydrogen-bond donors (Lipinski definition) is 1. The van der Waals surface area contributed by atoms with Gasteiger partial charge in [0.2, 0.25) is 5.91 Å². The first-order valence-electron chi connectivity index (χ1n) is 10.3. The van der Waals surface area contributed by atoms with Crippen LogP contribution in [0.15, 0.2) is 77.9 Å². The van der Waals surface area contributed by atoms with Crippen molar-refractivity contribution in [3.8, 4) is 11.5 Å². The van der Waals surface area contributed by atoms with Crippen LogP contribution in [0.3, 0.4) is 0 Å². The SMILES string of the molecule is COc1ccc(Cn2cnc3cc(I)c(NC(=O)CCOc4ccccc4)cc3c2=O)cc1. The molecule has 4 rings (SSSR count). The zero-order valence-corrected chi connectivity index (χ0v) is 20.1. The van der Waals surface area contributed by atoms with E-state index < -0.39 is 0 Å². The molecule has 33 heavy (non-hydrogen) atoms. The molecule has 0 bridgehead atoms. The van der Waals surface area contributed by atoms with Gasteiger partial charge in [0.15, 0.2) is 0 Å². The normalized spacial score (nSPS) is 10.7. The lowest BCUT2D eigenvalue weighted by Gasteiger charge is -2.11. The molecule has 0 saturated carbocycles. The number of amides is 1. The Balaban J connectivity index is 1.49. The molecular weight excluding hydrogens is 533 g/mol. The van der Waals surface area contributed by atoms with Crippen molar-refractivity contribution in [2.75, 3.05) is 19.0 Å². The van der Waals surface area contributed by atoms with Gasteiger partial charge in [0, 0.05) is 3.57 Å². The van der Waals surface area contributed by atoms with Crippen LogP contribution in [0.4, 0.5) is 5.69 Å². The molecular formula is C25H22IN3O4. The quantitative estimate of drug-likeness (QED) is 0.325. The van der Waals surface area contributed by atoms with Crippen LogP contribution in [0.5, 0.6) is 11.5 Å². The fourth-order valence-corrected chi connectivity index (χ4v) is 3.89. The summed E-state index contributed by atoms with van der Waals surface area (Å²) in [5, 5.41) is 3.33. The van der Waals surface area contributed by atoms with E-state index in [9.17, 15) is 9.59 Å². The number of ether oxygens (including phenoxy) is 2. The van der Waals surface area contributed by atoms with Crippen LogP contribution in [0.1, 0.15) is 12.0 Å². The van der Waals surface area contributed by atoms with Crippen LogP contribution in [0, 0.1) is 3.57 Å². The number of nitrogens with one attached hydrogen (secondary N) is 1. The summed E-state index contributed by atoms with van der Waals surface area (Å²) < 4.78 is 13.1. The van der Waals surface area contributed by atoms with Gasteiger partial charge in [-0.1, -0.05) is 30.3 Å². The van der Waals surface area contributed by atoms with Gasteiger partial charge in [-0.3, -0.25) is 14.2 Å². The van der Waals surface area contributed by atoms with E-state index in [2.05, 4.69) is 32.9 Å². The van der Waals surface area contributed by atoms with Crippen molar-refractivity contribution in [3.05, 3.63) is 92.5 Å². The van der Waals surface area contributed by atoms with Crippen LogP contribution in [0.2, 0.25) is 0 Å². The van der Waals surface area contributed by atoms with Crippen LogP contribution < -0.4 is 20.3 Å². The number of para-hydroxylation sites is 1. The number of benzene rings is 3. The predicted molar refractivity (Wildman–Crippen MR) is 136 cm³/mol. The fraction of sp³-hybridized carbons (Fsp3) is 0.160. The third-order valence-electron chi connectivity index (χ3n) is 5.04. The van der Waals surface area contributed by atoms with Crippen molar-refractivity contribution < 1.29 is 14.3 Å². The van der Waals surface area contributed by atoms with E-state index in [1.165, 1.54) is 0 Å². The highest BCUT2D eigenvalue weighted by molar-refractivity contribution is 14.1. The third kappa shape index (κ3) is 5.70. The topological polar surface area (TPSA) is 82.4 Å². The van der Waals surface area contributed by atoms with Crippen molar-refractivity contribution in [1.29, 1.82) is 0 Å². The smallest absolute Gasteiger partial charge is 0.261 e. The summed E-state index contributed by atoms with van der Waals surface area (Å²) in [6.45, 7) is 0.645. The average Bonchev–Trinajstić information content (AvgIpc) is 2.83. The van der Waals surface area contributed by atoms with E-state index in [0.717, 1.165) is 14.9 Å². The Bertz CT molecular complexity index is 1320. The van der Waals surface area contributed by atoms with E-state index in [1.54, 1.807) is 30.1 Å². The molecule has 1 N–H and O–H groups in total. The Morgan fingerprint density at radius 1 is 1.06 bits per heavy atom. The van der Waals surface area contributed by atoms with Crippen molar-refractivity contribution in [3.63, 3.8) is 0 Å². The van der Waals surface area contributed by atoms with Gasteiger partial charge in [0.25, 0.3) is 5.56 Å². The molecule has 0 fully saturated rings. The molecule has 0 spiro atoms. The van der Waals surface area contributed by atoms with E-state index in [-0.39, 0.29) is 24.5 Å².